The normalized spacial score (nSPS) is 13.8. The average Bonchev–Trinajstić information content (AvgIpc) is 2.63. The molecular weight excluding hydrogens is 368 g/mol. The molecule has 0 aliphatic heterocycles. The van der Waals surface area contributed by atoms with Crippen LogP contribution in [-0.4, -0.2) is 39.9 Å². The minimum absolute atomic E-state index is 0.0893. The number of hydrogen-bond donors (Lipinski definition) is 1. The van der Waals surface area contributed by atoms with E-state index < -0.39 is 8.32 Å². The maximum Gasteiger partial charge on any atom is 0.192 e. The zero-order valence-electron chi connectivity index (χ0n) is 18.7. The Bertz CT molecular complexity index is 561. The number of aliphatic hydroxyl groups excluding tert-OH is 1. The van der Waals surface area contributed by atoms with Crippen LogP contribution in [0, 0.1) is 0 Å². The van der Waals surface area contributed by atoms with Gasteiger partial charge in [-0.15, -0.1) is 0 Å². The van der Waals surface area contributed by atoms with Gasteiger partial charge in [-0.2, -0.15) is 0 Å². The average molecular weight is 409 g/mol. The van der Waals surface area contributed by atoms with Crippen molar-refractivity contribution in [2.24, 2.45) is 0 Å². The summed E-state index contributed by atoms with van der Waals surface area (Å²) in [6.07, 6.45) is 8.04. The molecule has 1 aromatic rings. The Balaban J connectivity index is 2.37. The summed E-state index contributed by atoms with van der Waals surface area (Å²) in [4.78, 5) is 0. The van der Waals surface area contributed by atoms with Gasteiger partial charge in [0.05, 0.1) is 20.3 Å². The van der Waals surface area contributed by atoms with E-state index in [2.05, 4.69) is 33.9 Å². The lowest BCUT2D eigenvalue weighted by atomic mass is 10.1. The second-order valence-corrected chi connectivity index (χ2v) is 13.5. The smallest absolute Gasteiger partial charge is 0.192 e. The Kier molecular flexibility index (Phi) is 11.0. The van der Waals surface area contributed by atoms with E-state index in [-0.39, 0.29) is 17.7 Å². The summed E-state index contributed by atoms with van der Waals surface area (Å²) in [6.45, 7) is 12.9. The highest BCUT2D eigenvalue weighted by Crippen LogP contribution is 2.38. The van der Waals surface area contributed by atoms with Gasteiger partial charge in [0.25, 0.3) is 0 Å². The van der Waals surface area contributed by atoms with Crippen LogP contribution in [0.3, 0.4) is 0 Å². The molecule has 0 heterocycles. The third kappa shape index (κ3) is 9.37. The highest BCUT2D eigenvalue weighted by atomic mass is 28.4. The summed E-state index contributed by atoms with van der Waals surface area (Å²) in [5.41, 5.74) is 1.16. The summed E-state index contributed by atoms with van der Waals surface area (Å²) in [6, 6.07) is 7.99. The lowest BCUT2D eigenvalue weighted by molar-refractivity contribution is 0.111. The minimum atomic E-state index is -1.79. The van der Waals surface area contributed by atoms with Crippen LogP contribution >= 0.6 is 0 Å². The van der Waals surface area contributed by atoms with Gasteiger partial charge in [0.15, 0.2) is 8.32 Å². The van der Waals surface area contributed by atoms with Gasteiger partial charge < -0.3 is 19.0 Å². The van der Waals surface area contributed by atoms with Crippen LogP contribution in [0.15, 0.2) is 36.4 Å². The predicted molar refractivity (Wildman–Crippen MR) is 119 cm³/mol. The molecule has 0 unspecified atom stereocenters. The maximum absolute atomic E-state index is 8.99. The lowest BCUT2D eigenvalue weighted by Crippen LogP contribution is -2.43. The van der Waals surface area contributed by atoms with Crippen LogP contribution in [0.2, 0.25) is 18.1 Å². The fourth-order valence-electron chi connectivity index (χ4n) is 2.63. The molecule has 1 N–H and O–H groups in total. The number of methoxy groups -OCH3 is 1. The van der Waals surface area contributed by atoms with Crippen molar-refractivity contribution in [3.8, 4) is 5.75 Å². The second kappa shape index (κ2) is 12.4. The van der Waals surface area contributed by atoms with Crippen molar-refractivity contribution in [3.05, 3.63) is 42.0 Å². The van der Waals surface area contributed by atoms with Crippen LogP contribution in [0.1, 0.15) is 52.0 Å². The van der Waals surface area contributed by atoms with Gasteiger partial charge in [-0.1, -0.05) is 45.1 Å². The van der Waals surface area contributed by atoms with E-state index in [1.807, 2.05) is 30.3 Å². The fourth-order valence-corrected chi connectivity index (χ4v) is 4.03. The van der Waals surface area contributed by atoms with E-state index >= 15 is 0 Å². The first-order valence-electron chi connectivity index (χ1n) is 10.3. The molecule has 0 saturated heterocycles. The Morgan fingerprint density at radius 2 is 1.75 bits per heavy atom. The van der Waals surface area contributed by atoms with E-state index in [0.717, 1.165) is 43.6 Å². The van der Waals surface area contributed by atoms with Crippen molar-refractivity contribution >= 4 is 8.32 Å². The predicted octanol–water partition coefficient (Wildman–Crippen LogP) is 5.71. The van der Waals surface area contributed by atoms with Crippen molar-refractivity contribution in [2.75, 3.05) is 20.3 Å². The molecule has 0 radical (unpaired) electrons. The molecule has 0 bridgehead atoms. The van der Waals surface area contributed by atoms with E-state index in [0.29, 0.717) is 6.61 Å². The van der Waals surface area contributed by atoms with Crippen molar-refractivity contribution in [3.63, 3.8) is 0 Å². The van der Waals surface area contributed by atoms with Crippen molar-refractivity contribution in [1.29, 1.82) is 0 Å². The fraction of sp³-hybridized carbons (Fsp3) is 0.652. The third-order valence-corrected chi connectivity index (χ3v) is 9.97. The lowest BCUT2D eigenvalue weighted by Gasteiger charge is -2.39. The molecule has 1 aromatic carbocycles. The SMILES string of the molecule is COc1ccc(COCCCC[C@@H](C/C=C/CO)O[Si](C)(C)C(C)(C)C)cc1. The van der Waals surface area contributed by atoms with Crippen molar-refractivity contribution in [1.82, 2.24) is 0 Å². The van der Waals surface area contributed by atoms with Crippen LogP contribution in [-0.2, 0) is 15.8 Å². The Morgan fingerprint density at radius 1 is 1.07 bits per heavy atom. The van der Waals surface area contributed by atoms with Crippen LogP contribution < -0.4 is 4.74 Å². The summed E-state index contributed by atoms with van der Waals surface area (Å²) in [5.74, 6) is 0.867. The van der Waals surface area contributed by atoms with Crippen LogP contribution in [0.5, 0.6) is 5.75 Å². The number of ether oxygens (including phenoxy) is 2. The monoisotopic (exact) mass is 408 g/mol. The summed E-state index contributed by atoms with van der Waals surface area (Å²) in [7, 11) is -0.120. The highest BCUT2D eigenvalue weighted by molar-refractivity contribution is 6.74. The molecule has 0 aliphatic carbocycles. The Morgan fingerprint density at radius 3 is 2.32 bits per heavy atom. The second-order valence-electron chi connectivity index (χ2n) is 8.79. The molecule has 4 nitrogen and oxygen atoms in total. The zero-order chi connectivity index (χ0) is 21.0. The molecule has 0 saturated carbocycles. The Labute approximate surface area is 173 Å². The van der Waals surface area contributed by atoms with E-state index in [4.69, 9.17) is 19.0 Å². The van der Waals surface area contributed by atoms with Crippen LogP contribution in [0.4, 0.5) is 0 Å². The molecule has 5 heteroatoms. The summed E-state index contributed by atoms with van der Waals surface area (Å²) >= 11 is 0. The molecule has 0 fully saturated rings. The molecule has 0 aromatic heterocycles. The molecule has 28 heavy (non-hydrogen) atoms. The van der Waals surface area contributed by atoms with Gasteiger partial charge in [-0.25, -0.2) is 0 Å². The van der Waals surface area contributed by atoms with Gasteiger partial charge in [-0.3, -0.25) is 0 Å². The number of rotatable bonds is 13. The van der Waals surface area contributed by atoms with Crippen molar-refractivity contribution in [2.45, 2.75) is 77.3 Å². The molecule has 0 amide bonds. The molecule has 160 valence electrons. The molecule has 0 aliphatic rings. The molecule has 1 atom stereocenters. The van der Waals surface area contributed by atoms with E-state index in [1.165, 1.54) is 0 Å². The number of unbranched alkanes of at least 4 members (excludes halogenated alkanes) is 1. The highest BCUT2D eigenvalue weighted by Gasteiger charge is 2.38. The largest absolute Gasteiger partial charge is 0.497 e. The Hall–Kier alpha value is -1.14. The molecular formula is C23H40O4Si. The van der Waals surface area contributed by atoms with Crippen LogP contribution in [0.25, 0.3) is 0 Å². The van der Waals surface area contributed by atoms with Crippen molar-refractivity contribution < 1.29 is 19.0 Å². The number of hydrogen-bond acceptors (Lipinski definition) is 4. The minimum Gasteiger partial charge on any atom is -0.497 e. The number of benzene rings is 1. The number of aliphatic hydroxyl groups is 1. The first kappa shape index (κ1) is 24.9. The van der Waals surface area contributed by atoms with E-state index in [9.17, 15) is 0 Å². The van der Waals surface area contributed by atoms with Gasteiger partial charge in [0, 0.05) is 12.7 Å². The standard InChI is InChI=1S/C23H40O4Si/c1-23(2,3)28(5,6)27-22(11-7-9-17-24)12-8-10-18-26-19-20-13-15-21(25-4)16-14-20/h7,9,13-16,22,24H,8,10-12,17-19H2,1-6H3/b9-7+/t22-/m1/s1. The molecule has 1 rings (SSSR count). The van der Waals surface area contributed by atoms with Gasteiger partial charge in [-0.05, 0) is 61.5 Å². The van der Waals surface area contributed by atoms with Gasteiger partial charge in [0.2, 0.25) is 0 Å². The van der Waals surface area contributed by atoms with E-state index in [1.54, 1.807) is 13.2 Å². The third-order valence-electron chi connectivity index (χ3n) is 5.43. The first-order valence-corrected chi connectivity index (χ1v) is 13.2. The first-order chi connectivity index (χ1) is 13.2. The zero-order valence-corrected chi connectivity index (χ0v) is 19.7. The molecule has 0 spiro atoms. The maximum atomic E-state index is 8.99. The van der Waals surface area contributed by atoms with Gasteiger partial charge in [0.1, 0.15) is 5.75 Å². The van der Waals surface area contributed by atoms with Gasteiger partial charge >= 0.3 is 0 Å². The summed E-state index contributed by atoms with van der Waals surface area (Å²) < 4.78 is 17.6. The topological polar surface area (TPSA) is 47.9 Å². The quantitative estimate of drug-likeness (QED) is 0.258. The summed E-state index contributed by atoms with van der Waals surface area (Å²) in [5, 5.41) is 9.20.